The quantitative estimate of drug-likeness (QED) is 0.125. The van der Waals surface area contributed by atoms with E-state index in [1.165, 1.54) is 6.20 Å². The molecule has 300 valence electrons. The first-order chi connectivity index (χ1) is 31.6. The van der Waals surface area contributed by atoms with Crippen LogP contribution in [0.3, 0.4) is 0 Å². The smallest absolute Gasteiger partial charge is 0.0979 e. The van der Waals surface area contributed by atoms with Crippen molar-refractivity contribution in [3.05, 3.63) is 201 Å². The van der Waals surface area contributed by atoms with Crippen LogP contribution >= 0.6 is 0 Å². The molecule has 0 saturated heterocycles. The summed E-state index contributed by atoms with van der Waals surface area (Å²) in [6, 6.07) is 51.2. The number of nitrogens with zero attached hydrogens (tertiary/aromatic N) is 6. The Morgan fingerprint density at radius 2 is 0.969 bits per heavy atom. The van der Waals surface area contributed by atoms with Crippen molar-refractivity contribution >= 4 is 70.9 Å². The number of hydrogen-bond donors (Lipinski definition) is 2. The minimum atomic E-state index is 0.527. The Hall–Kier alpha value is -8.88. The lowest BCUT2D eigenvalue weighted by Gasteiger charge is -2.17. The molecule has 64 heavy (non-hydrogen) atoms. The summed E-state index contributed by atoms with van der Waals surface area (Å²) in [7, 11) is 0. The molecule has 0 radical (unpaired) electrons. The van der Waals surface area contributed by atoms with E-state index in [0.29, 0.717) is 5.70 Å². The highest BCUT2D eigenvalue weighted by molar-refractivity contribution is 6.21. The van der Waals surface area contributed by atoms with Crippen molar-refractivity contribution in [2.75, 3.05) is 0 Å². The van der Waals surface area contributed by atoms with Gasteiger partial charge in [0.15, 0.2) is 0 Å². The zero-order valence-corrected chi connectivity index (χ0v) is 34.3. The SMILES string of the molecule is N/C=C(\N)c1ccc2cccc(-c3ccc4c(-c5cccnc5)c5ccc6c(-c7cccnc7)c7ccc(-c8cccc9ccc(-c%10cnccn%10)cc89)cc7nc6c5nc4c3)c2c1. The van der Waals surface area contributed by atoms with E-state index in [1.807, 2.05) is 43.0 Å². The molecule has 0 fully saturated rings. The number of nitrogens with two attached hydrogens (primary N) is 2. The highest BCUT2D eigenvalue weighted by Gasteiger charge is 2.20. The van der Waals surface area contributed by atoms with E-state index in [2.05, 4.69) is 147 Å². The van der Waals surface area contributed by atoms with Crippen LogP contribution in [0.4, 0.5) is 0 Å². The van der Waals surface area contributed by atoms with E-state index in [0.717, 1.165) is 126 Å². The maximum atomic E-state index is 6.29. The average molecular weight is 821 g/mol. The summed E-state index contributed by atoms with van der Waals surface area (Å²) in [5.41, 5.74) is 27.1. The highest BCUT2D eigenvalue weighted by Crippen LogP contribution is 2.43. The molecular formula is C56H36N8. The van der Waals surface area contributed by atoms with Crippen LogP contribution in [-0.4, -0.2) is 29.9 Å². The Bertz CT molecular complexity index is 3850. The molecule has 8 nitrogen and oxygen atoms in total. The fraction of sp³-hybridized carbons (Fsp3) is 0. The molecule has 5 aromatic heterocycles. The maximum absolute atomic E-state index is 6.29. The standard InChI is InChI=1S/C56H36N8/c57-29-49(58)37-13-11-33-5-1-9-41(47(33)25-37)35-15-17-43-50(27-35)63-55-45(53(43)39-7-3-21-59-30-39)19-20-46-54(40-8-4-22-60-31-40)44-18-16-36(28-51(44)64-56(46)55)42-10-2-6-34-12-14-38(26-48(34)42)52-32-61-23-24-62-52/h1-32H,57-58H2/b49-29-. The number of benzene rings is 7. The second-order valence-corrected chi connectivity index (χ2v) is 16.0. The topological polar surface area (TPSA) is 129 Å². The van der Waals surface area contributed by atoms with E-state index >= 15 is 0 Å². The lowest BCUT2D eigenvalue weighted by Crippen LogP contribution is -1.99. The van der Waals surface area contributed by atoms with Crippen molar-refractivity contribution < 1.29 is 0 Å². The van der Waals surface area contributed by atoms with Crippen molar-refractivity contribution in [1.82, 2.24) is 29.9 Å². The molecule has 4 N–H and O–H groups in total. The van der Waals surface area contributed by atoms with E-state index in [1.54, 1.807) is 18.6 Å². The molecular weight excluding hydrogens is 785 g/mol. The molecule has 12 aromatic rings. The molecule has 5 heterocycles. The zero-order chi connectivity index (χ0) is 42.7. The van der Waals surface area contributed by atoms with Gasteiger partial charge in [0.25, 0.3) is 0 Å². The van der Waals surface area contributed by atoms with Crippen molar-refractivity contribution in [1.29, 1.82) is 0 Å². The summed E-state index contributed by atoms with van der Waals surface area (Å²) in [4.78, 5) is 29.2. The van der Waals surface area contributed by atoms with E-state index in [4.69, 9.17) is 21.4 Å². The molecule has 0 aliphatic rings. The van der Waals surface area contributed by atoms with Crippen LogP contribution in [0.25, 0.3) is 127 Å². The summed E-state index contributed by atoms with van der Waals surface area (Å²) >= 11 is 0. The first-order valence-corrected chi connectivity index (χ1v) is 21.0. The predicted octanol–water partition coefficient (Wildman–Crippen LogP) is 12.5. The van der Waals surface area contributed by atoms with Gasteiger partial charge in [0.2, 0.25) is 0 Å². The van der Waals surface area contributed by atoms with Crippen LogP contribution in [0.1, 0.15) is 5.56 Å². The predicted molar refractivity (Wildman–Crippen MR) is 262 cm³/mol. The Balaban J connectivity index is 1.14. The molecule has 0 amide bonds. The number of pyridine rings is 4. The van der Waals surface area contributed by atoms with Crippen LogP contribution in [0.2, 0.25) is 0 Å². The monoisotopic (exact) mass is 820 g/mol. The summed E-state index contributed by atoms with van der Waals surface area (Å²) in [5.74, 6) is 0. The van der Waals surface area contributed by atoms with Gasteiger partial charge in [-0.05, 0) is 85.8 Å². The van der Waals surface area contributed by atoms with Gasteiger partial charge >= 0.3 is 0 Å². The van der Waals surface area contributed by atoms with Crippen LogP contribution < -0.4 is 11.5 Å². The Morgan fingerprint density at radius 3 is 1.52 bits per heavy atom. The van der Waals surface area contributed by atoms with Crippen molar-refractivity contribution in [3.8, 4) is 55.8 Å². The fourth-order valence-corrected chi connectivity index (χ4v) is 9.32. The lowest BCUT2D eigenvalue weighted by atomic mass is 9.90. The van der Waals surface area contributed by atoms with E-state index in [9.17, 15) is 0 Å². The Kier molecular flexibility index (Phi) is 8.62. The first kappa shape index (κ1) is 36.9. The number of hydrogen-bond acceptors (Lipinski definition) is 8. The molecule has 0 spiro atoms. The average Bonchev–Trinajstić information content (AvgIpc) is 3.36. The van der Waals surface area contributed by atoms with Gasteiger partial charge in [-0.25, -0.2) is 9.97 Å². The molecule has 0 bridgehead atoms. The van der Waals surface area contributed by atoms with Gasteiger partial charge in [0.1, 0.15) is 0 Å². The van der Waals surface area contributed by atoms with Crippen LogP contribution in [-0.2, 0) is 0 Å². The van der Waals surface area contributed by atoms with E-state index < -0.39 is 0 Å². The molecule has 0 aliphatic carbocycles. The second kappa shape index (κ2) is 14.9. The second-order valence-electron chi connectivity index (χ2n) is 16.0. The molecule has 0 atom stereocenters. The number of rotatable bonds is 6. The first-order valence-electron chi connectivity index (χ1n) is 21.0. The lowest BCUT2D eigenvalue weighted by molar-refractivity contribution is 1.21. The molecule has 0 aliphatic heterocycles. The number of aromatic nitrogens is 6. The zero-order valence-electron chi connectivity index (χ0n) is 34.3. The largest absolute Gasteiger partial charge is 0.403 e. The van der Waals surface area contributed by atoms with Crippen LogP contribution in [0, 0.1) is 0 Å². The van der Waals surface area contributed by atoms with Crippen molar-refractivity contribution in [2.45, 2.75) is 0 Å². The van der Waals surface area contributed by atoms with Gasteiger partial charge in [0, 0.05) is 92.7 Å². The third kappa shape index (κ3) is 6.08. The summed E-state index contributed by atoms with van der Waals surface area (Å²) < 4.78 is 0. The Morgan fingerprint density at radius 1 is 0.422 bits per heavy atom. The Labute approximate surface area is 367 Å². The van der Waals surface area contributed by atoms with Gasteiger partial charge in [-0.3, -0.25) is 19.9 Å². The van der Waals surface area contributed by atoms with Gasteiger partial charge in [-0.1, -0.05) is 109 Å². The molecule has 0 saturated carbocycles. The van der Waals surface area contributed by atoms with E-state index in [-0.39, 0.29) is 0 Å². The van der Waals surface area contributed by atoms with Crippen molar-refractivity contribution in [2.24, 2.45) is 11.5 Å². The summed E-state index contributed by atoms with van der Waals surface area (Å²) in [6.07, 6.45) is 14.1. The van der Waals surface area contributed by atoms with Crippen molar-refractivity contribution in [3.63, 3.8) is 0 Å². The number of fused-ring (bicyclic) bond motifs is 7. The minimum Gasteiger partial charge on any atom is -0.403 e. The third-order valence-corrected chi connectivity index (χ3v) is 12.3. The molecule has 8 heteroatoms. The van der Waals surface area contributed by atoms with Crippen LogP contribution in [0.5, 0.6) is 0 Å². The molecule has 0 unspecified atom stereocenters. The fourth-order valence-electron chi connectivity index (χ4n) is 9.32. The van der Waals surface area contributed by atoms with Crippen LogP contribution in [0.15, 0.2) is 195 Å². The maximum Gasteiger partial charge on any atom is 0.0979 e. The third-order valence-electron chi connectivity index (χ3n) is 12.3. The summed E-state index contributed by atoms with van der Waals surface area (Å²) in [6.45, 7) is 0. The minimum absolute atomic E-state index is 0.527. The van der Waals surface area contributed by atoms with Gasteiger partial charge < -0.3 is 11.5 Å². The van der Waals surface area contributed by atoms with Gasteiger partial charge in [-0.2, -0.15) is 0 Å². The van der Waals surface area contributed by atoms with Gasteiger partial charge in [0.05, 0.1) is 39.7 Å². The summed E-state index contributed by atoms with van der Waals surface area (Å²) in [5, 5.41) is 8.47. The molecule has 7 aromatic carbocycles. The molecule has 12 rings (SSSR count). The highest BCUT2D eigenvalue weighted by atomic mass is 14.8. The normalized spacial score (nSPS) is 12.0. The van der Waals surface area contributed by atoms with Gasteiger partial charge in [-0.15, -0.1) is 0 Å².